The van der Waals surface area contributed by atoms with Crippen LogP contribution in [0.5, 0.6) is 0 Å². The third-order valence-electron chi connectivity index (χ3n) is 2.67. The molecule has 0 aromatic carbocycles. The van der Waals surface area contributed by atoms with E-state index in [2.05, 4.69) is 6.92 Å². The molecule has 1 unspecified atom stereocenters. The van der Waals surface area contributed by atoms with E-state index in [0.717, 1.165) is 25.9 Å². The zero-order valence-electron chi connectivity index (χ0n) is 9.67. The van der Waals surface area contributed by atoms with Crippen molar-refractivity contribution in [1.82, 2.24) is 0 Å². The van der Waals surface area contributed by atoms with Crippen LogP contribution >= 0.6 is 0 Å². The summed E-state index contributed by atoms with van der Waals surface area (Å²) in [4.78, 5) is 11.4. The minimum absolute atomic E-state index is 0.0214. The summed E-state index contributed by atoms with van der Waals surface area (Å²) in [6, 6.07) is 0. The van der Waals surface area contributed by atoms with Gasteiger partial charge >= 0.3 is 5.97 Å². The lowest BCUT2D eigenvalue weighted by Crippen LogP contribution is -2.17. The lowest BCUT2D eigenvalue weighted by molar-refractivity contribution is -0.149. The fourth-order valence-corrected chi connectivity index (χ4v) is 1.72. The highest BCUT2D eigenvalue weighted by atomic mass is 16.6. The van der Waals surface area contributed by atoms with E-state index >= 15 is 0 Å². The van der Waals surface area contributed by atoms with Gasteiger partial charge in [0, 0.05) is 12.8 Å². The number of unbranched alkanes of at least 4 members (excludes halogenated alkanes) is 4. The number of carbonyl (C=O) groups is 1. The van der Waals surface area contributed by atoms with Crippen LogP contribution in [0.4, 0.5) is 0 Å². The summed E-state index contributed by atoms with van der Waals surface area (Å²) < 4.78 is 10.4. The summed E-state index contributed by atoms with van der Waals surface area (Å²) in [5.41, 5.74) is 0. The molecule has 0 N–H and O–H groups in total. The predicted octanol–water partition coefficient (Wildman–Crippen LogP) is 2.68. The van der Waals surface area contributed by atoms with Crippen molar-refractivity contribution in [2.45, 2.75) is 58.0 Å². The Labute approximate surface area is 92.1 Å². The van der Waals surface area contributed by atoms with Gasteiger partial charge in [0.25, 0.3) is 0 Å². The second kappa shape index (κ2) is 7.69. The van der Waals surface area contributed by atoms with Crippen molar-refractivity contribution < 1.29 is 14.3 Å². The van der Waals surface area contributed by atoms with Crippen molar-refractivity contribution >= 4 is 5.97 Å². The Morgan fingerprint density at radius 2 is 2.13 bits per heavy atom. The molecule has 1 saturated heterocycles. The zero-order chi connectivity index (χ0) is 10.9. The number of carbonyl (C=O) groups excluding carboxylic acids is 1. The van der Waals surface area contributed by atoms with Gasteiger partial charge in [-0.3, -0.25) is 4.79 Å². The maximum atomic E-state index is 11.4. The van der Waals surface area contributed by atoms with Gasteiger partial charge in [-0.25, -0.2) is 0 Å². The van der Waals surface area contributed by atoms with Crippen molar-refractivity contribution in [2.24, 2.45) is 0 Å². The molecule has 0 amide bonds. The number of esters is 1. The topological polar surface area (TPSA) is 35.5 Å². The summed E-state index contributed by atoms with van der Waals surface area (Å²) in [6.45, 7) is 3.50. The van der Waals surface area contributed by atoms with Gasteiger partial charge in [-0.1, -0.05) is 32.6 Å². The molecule has 0 saturated carbocycles. The van der Waals surface area contributed by atoms with Gasteiger partial charge in [0.15, 0.2) is 0 Å². The first kappa shape index (κ1) is 12.5. The Balaban J connectivity index is 1.93. The highest BCUT2D eigenvalue weighted by molar-refractivity contribution is 5.69. The zero-order valence-corrected chi connectivity index (χ0v) is 9.67. The van der Waals surface area contributed by atoms with E-state index in [4.69, 9.17) is 9.47 Å². The molecule has 3 nitrogen and oxygen atoms in total. The van der Waals surface area contributed by atoms with Crippen LogP contribution in [0.15, 0.2) is 0 Å². The molecule has 0 aromatic heterocycles. The molecule has 0 radical (unpaired) electrons. The minimum atomic E-state index is -0.0537. The van der Waals surface area contributed by atoms with E-state index in [1.165, 1.54) is 19.3 Å². The van der Waals surface area contributed by atoms with E-state index in [1.54, 1.807) is 0 Å². The van der Waals surface area contributed by atoms with Crippen LogP contribution in [0.25, 0.3) is 0 Å². The highest BCUT2D eigenvalue weighted by Gasteiger charge is 2.19. The standard InChI is InChI=1S/C12H22O3/c1-2-3-4-5-6-7-12(13)15-11-8-9-14-10-11/h11H,2-10H2,1H3. The fraction of sp³-hybridized carbons (Fsp3) is 0.917. The molecule has 1 fully saturated rings. The molecule has 1 atom stereocenters. The van der Waals surface area contributed by atoms with Gasteiger partial charge in [-0.2, -0.15) is 0 Å². The number of hydrogen-bond donors (Lipinski definition) is 0. The normalized spacial score (nSPS) is 20.5. The van der Waals surface area contributed by atoms with E-state index < -0.39 is 0 Å². The van der Waals surface area contributed by atoms with Crippen LogP contribution in [0.3, 0.4) is 0 Å². The summed E-state index contributed by atoms with van der Waals surface area (Å²) in [5, 5.41) is 0. The Morgan fingerprint density at radius 3 is 2.80 bits per heavy atom. The Bertz CT molecular complexity index is 174. The SMILES string of the molecule is CCCCCCCC(=O)OC1CCOC1. The van der Waals surface area contributed by atoms with Crippen LogP contribution in [-0.4, -0.2) is 25.3 Å². The van der Waals surface area contributed by atoms with E-state index in [-0.39, 0.29) is 12.1 Å². The van der Waals surface area contributed by atoms with Crippen LogP contribution in [0.2, 0.25) is 0 Å². The molecule has 0 aromatic rings. The number of hydrogen-bond acceptors (Lipinski definition) is 3. The smallest absolute Gasteiger partial charge is 0.306 e. The number of rotatable bonds is 7. The first-order chi connectivity index (χ1) is 7.33. The summed E-state index contributed by atoms with van der Waals surface area (Å²) >= 11 is 0. The molecule has 88 valence electrons. The third-order valence-corrected chi connectivity index (χ3v) is 2.67. The van der Waals surface area contributed by atoms with Gasteiger partial charge < -0.3 is 9.47 Å². The van der Waals surface area contributed by atoms with Crippen LogP contribution in [-0.2, 0) is 14.3 Å². The average molecular weight is 214 g/mol. The molecule has 0 aliphatic carbocycles. The van der Waals surface area contributed by atoms with Gasteiger partial charge in [0.05, 0.1) is 13.2 Å². The summed E-state index contributed by atoms with van der Waals surface area (Å²) in [7, 11) is 0. The van der Waals surface area contributed by atoms with Crippen molar-refractivity contribution in [3.8, 4) is 0 Å². The monoisotopic (exact) mass is 214 g/mol. The number of ether oxygens (including phenoxy) is 2. The van der Waals surface area contributed by atoms with Crippen LogP contribution in [0, 0.1) is 0 Å². The van der Waals surface area contributed by atoms with Crippen molar-refractivity contribution in [1.29, 1.82) is 0 Å². The Kier molecular flexibility index (Phi) is 6.41. The summed E-state index contributed by atoms with van der Waals surface area (Å²) in [5.74, 6) is -0.0537. The maximum absolute atomic E-state index is 11.4. The molecule has 1 rings (SSSR count). The van der Waals surface area contributed by atoms with Gasteiger partial charge in [-0.15, -0.1) is 0 Å². The highest BCUT2D eigenvalue weighted by Crippen LogP contribution is 2.11. The minimum Gasteiger partial charge on any atom is -0.460 e. The quantitative estimate of drug-likeness (QED) is 0.483. The summed E-state index contributed by atoms with van der Waals surface area (Å²) in [6.07, 6.45) is 7.30. The molecule has 0 spiro atoms. The molecule has 1 aliphatic heterocycles. The third kappa shape index (κ3) is 5.78. The molecule has 1 heterocycles. The van der Waals surface area contributed by atoms with Gasteiger partial charge in [0.1, 0.15) is 6.10 Å². The molecule has 3 heteroatoms. The van der Waals surface area contributed by atoms with Crippen LogP contribution < -0.4 is 0 Å². The van der Waals surface area contributed by atoms with E-state index in [0.29, 0.717) is 13.0 Å². The van der Waals surface area contributed by atoms with E-state index in [9.17, 15) is 4.79 Å². The lowest BCUT2D eigenvalue weighted by Gasteiger charge is -2.09. The first-order valence-corrected chi connectivity index (χ1v) is 6.10. The van der Waals surface area contributed by atoms with Gasteiger partial charge in [-0.05, 0) is 6.42 Å². The Hall–Kier alpha value is -0.570. The first-order valence-electron chi connectivity index (χ1n) is 6.10. The van der Waals surface area contributed by atoms with Crippen molar-refractivity contribution in [3.05, 3.63) is 0 Å². The van der Waals surface area contributed by atoms with Gasteiger partial charge in [0.2, 0.25) is 0 Å². The lowest BCUT2D eigenvalue weighted by atomic mass is 10.1. The second-order valence-corrected chi connectivity index (χ2v) is 4.14. The Morgan fingerprint density at radius 1 is 1.33 bits per heavy atom. The second-order valence-electron chi connectivity index (χ2n) is 4.14. The molecule has 1 aliphatic rings. The van der Waals surface area contributed by atoms with Crippen LogP contribution in [0.1, 0.15) is 51.9 Å². The van der Waals surface area contributed by atoms with Crippen molar-refractivity contribution in [2.75, 3.05) is 13.2 Å². The molecular formula is C12H22O3. The largest absolute Gasteiger partial charge is 0.460 e. The predicted molar refractivity (Wildman–Crippen MR) is 58.7 cm³/mol. The average Bonchev–Trinajstić information content (AvgIpc) is 2.70. The molecular weight excluding hydrogens is 192 g/mol. The van der Waals surface area contributed by atoms with E-state index in [1.807, 2.05) is 0 Å². The van der Waals surface area contributed by atoms with Crippen molar-refractivity contribution in [3.63, 3.8) is 0 Å². The fourth-order valence-electron chi connectivity index (χ4n) is 1.72. The maximum Gasteiger partial charge on any atom is 0.306 e. The molecule has 15 heavy (non-hydrogen) atoms. The molecule has 0 bridgehead atoms.